The minimum atomic E-state index is -0.147. The van der Waals surface area contributed by atoms with Crippen LogP contribution in [0.3, 0.4) is 0 Å². The van der Waals surface area contributed by atoms with Gasteiger partial charge in [-0.2, -0.15) is 5.10 Å². The van der Waals surface area contributed by atoms with Gasteiger partial charge in [0.15, 0.2) is 0 Å². The van der Waals surface area contributed by atoms with Crippen LogP contribution in [0.25, 0.3) is 0 Å². The van der Waals surface area contributed by atoms with Crippen molar-refractivity contribution in [3.63, 3.8) is 0 Å². The zero-order valence-electron chi connectivity index (χ0n) is 17.1. The molecule has 0 aromatic carbocycles. The number of aromatic nitrogens is 3. The Morgan fingerprint density at radius 2 is 1.93 bits per heavy atom. The molecular weight excluding hydrogens is 338 g/mol. The number of carbonyl (C=O) groups is 1. The number of carbonyl (C=O) groups excluding carboxylic acids is 1. The Labute approximate surface area is 162 Å². The van der Waals surface area contributed by atoms with Crippen LogP contribution in [0, 0.1) is 0 Å². The van der Waals surface area contributed by atoms with Gasteiger partial charge in [-0.25, -0.2) is 4.98 Å². The predicted molar refractivity (Wildman–Crippen MR) is 108 cm³/mol. The smallest absolute Gasteiger partial charge is 0.272 e. The van der Waals surface area contributed by atoms with Crippen molar-refractivity contribution in [2.24, 2.45) is 0 Å². The number of hydrogen-bond donors (Lipinski definition) is 1. The van der Waals surface area contributed by atoms with Crippen LogP contribution in [0.1, 0.15) is 69.6 Å². The highest BCUT2D eigenvalue weighted by atomic mass is 16.2. The molecule has 1 fully saturated rings. The second-order valence-electron chi connectivity index (χ2n) is 8.61. The lowest BCUT2D eigenvalue weighted by Crippen LogP contribution is -2.45. The zero-order chi connectivity index (χ0) is 19.6. The highest BCUT2D eigenvalue weighted by Crippen LogP contribution is 2.24. The van der Waals surface area contributed by atoms with Gasteiger partial charge in [-0.1, -0.05) is 19.9 Å². The first-order valence-corrected chi connectivity index (χ1v) is 9.83. The minimum Gasteiger partial charge on any atom is -0.356 e. The van der Waals surface area contributed by atoms with Gasteiger partial charge in [-0.3, -0.25) is 9.48 Å². The molecule has 27 heavy (non-hydrogen) atoms. The molecule has 2 aromatic heterocycles. The molecule has 0 radical (unpaired) electrons. The maximum Gasteiger partial charge on any atom is 0.272 e. The van der Waals surface area contributed by atoms with Crippen LogP contribution in [-0.4, -0.2) is 39.8 Å². The lowest BCUT2D eigenvalue weighted by molar-refractivity contribution is 0.0924. The summed E-state index contributed by atoms with van der Waals surface area (Å²) in [6, 6.07) is 8.09. The van der Waals surface area contributed by atoms with Crippen molar-refractivity contribution < 1.29 is 4.79 Å². The molecule has 3 rings (SSSR count). The molecule has 0 unspecified atom stereocenters. The van der Waals surface area contributed by atoms with E-state index in [0.29, 0.717) is 11.6 Å². The average molecular weight is 370 g/mol. The molecule has 2 aromatic rings. The molecule has 6 heteroatoms. The van der Waals surface area contributed by atoms with Crippen molar-refractivity contribution in [1.82, 2.24) is 20.1 Å². The first-order valence-electron chi connectivity index (χ1n) is 9.83. The third-order valence-corrected chi connectivity index (χ3v) is 5.00. The Balaban J connectivity index is 1.63. The van der Waals surface area contributed by atoms with Gasteiger partial charge < -0.3 is 10.2 Å². The maximum absolute atomic E-state index is 12.8. The molecule has 3 heterocycles. The largest absolute Gasteiger partial charge is 0.356 e. The van der Waals surface area contributed by atoms with E-state index in [9.17, 15) is 4.79 Å². The van der Waals surface area contributed by atoms with Gasteiger partial charge in [0.2, 0.25) is 0 Å². The Hall–Kier alpha value is -2.37. The summed E-state index contributed by atoms with van der Waals surface area (Å²) < 4.78 is 1.98. The first kappa shape index (κ1) is 19.4. The fourth-order valence-corrected chi connectivity index (χ4v) is 3.51. The summed E-state index contributed by atoms with van der Waals surface area (Å²) in [5.74, 6) is 1.25. The number of rotatable bonds is 4. The van der Waals surface area contributed by atoms with E-state index in [0.717, 1.165) is 37.4 Å². The molecule has 0 bridgehead atoms. The molecule has 1 aliphatic heterocycles. The Bertz CT molecular complexity index is 768. The summed E-state index contributed by atoms with van der Waals surface area (Å²) in [6.45, 7) is 12.4. The number of amides is 1. The zero-order valence-corrected chi connectivity index (χ0v) is 17.1. The standard InChI is InChI=1S/C21H31N5O/c1-15(2)18-14-17(24-26(18)21(3,4)5)20(27)23-16-9-12-25(13-10-16)19-8-6-7-11-22-19/h6-8,11,14-16H,9-10,12-13H2,1-5H3,(H,23,27). The van der Waals surface area contributed by atoms with E-state index in [1.807, 2.05) is 35.1 Å². The topological polar surface area (TPSA) is 63.1 Å². The highest BCUT2D eigenvalue weighted by molar-refractivity contribution is 5.92. The average Bonchev–Trinajstić information content (AvgIpc) is 3.09. The van der Waals surface area contributed by atoms with Crippen LogP contribution < -0.4 is 10.2 Å². The minimum absolute atomic E-state index is 0.0730. The second-order valence-corrected chi connectivity index (χ2v) is 8.61. The Morgan fingerprint density at radius 3 is 2.44 bits per heavy atom. The molecule has 1 N–H and O–H groups in total. The number of pyridine rings is 1. The third-order valence-electron chi connectivity index (χ3n) is 5.00. The highest BCUT2D eigenvalue weighted by Gasteiger charge is 2.26. The molecule has 146 valence electrons. The van der Waals surface area contributed by atoms with E-state index in [2.05, 4.69) is 54.9 Å². The van der Waals surface area contributed by atoms with Crippen LogP contribution in [0.4, 0.5) is 5.82 Å². The van der Waals surface area contributed by atoms with Crippen LogP contribution in [0.15, 0.2) is 30.5 Å². The second kappa shape index (κ2) is 7.71. The molecular formula is C21H31N5O. The van der Waals surface area contributed by atoms with Crippen molar-refractivity contribution in [2.45, 2.75) is 65.0 Å². The quantitative estimate of drug-likeness (QED) is 0.895. The molecule has 0 aliphatic carbocycles. The van der Waals surface area contributed by atoms with E-state index >= 15 is 0 Å². The van der Waals surface area contributed by atoms with Crippen molar-refractivity contribution in [3.8, 4) is 0 Å². The summed E-state index contributed by atoms with van der Waals surface area (Å²) >= 11 is 0. The lowest BCUT2D eigenvalue weighted by Gasteiger charge is -2.33. The van der Waals surface area contributed by atoms with Gasteiger partial charge in [-0.05, 0) is 57.7 Å². The van der Waals surface area contributed by atoms with Gasteiger partial charge in [-0.15, -0.1) is 0 Å². The van der Waals surface area contributed by atoms with Gasteiger partial charge in [0.1, 0.15) is 11.5 Å². The predicted octanol–water partition coefficient (Wildman–Crippen LogP) is 3.56. The maximum atomic E-state index is 12.8. The fourth-order valence-electron chi connectivity index (χ4n) is 3.51. The normalized spacial score (nSPS) is 16.0. The van der Waals surface area contributed by atoms with Gasteiger partial charge in [0, 0.05) is 31.0 Å². The van der Waals surface area contributed by atoms with Crippen LogP contribution in [0.2, 0.25) is 0 Å². The molecule has 1 amide bonds. The third kappa shape index (κ3) is 4.49. The van der Waals surface area contributed by atoms with E-state index < -0.39 is 0 Å². The molecule has 1 saturated heterocycles. The van der Waals surface area contributed by atoms with Crippen LogP contribution >= 0.6 is 0 Å². The van der Waals surface area contributed by atoms with Crippen LogP contribution in [0.5, 0.6) is 0 Å². The lowest BCUT2D eigenvalue weighted by atomic mass is 10.0. The number of nitrogens with one attached hydrogen (secondary N) is 1. The number of hydrogen-bond acceptors (Lipinski definition) is 4. The van der Waals surface area contributed by atoms with Crippen molar-refractivity contribution in [2.75, 3.05) is 18.0 Å². The first-order chi connectivity index (χ1) is 12.8. The molecule has 0 atom stereocenters. The van der Waals surface area contributed by atoms with Crippen molar-refractivity contribution in [1.29, 1.82) is 0 Å². The van der Waals surface area contributed by atoms with Gasteiger partial charge >= 0.3 is 0 Å². The van der Waals surface area contributed by atoms with E-state index in [-0.39, 0.29) is 17.5 Å². The van der Waals surface area contributed by atoms with Crippen molar-refractivity contribution >= 4 is 11.7 Å². The summed E-state index contributed by atoms with van der Waals surface area (Å²) in [6.07, 6.45) is 3.65. The van der Waals surface area contributed by atoms with Crippen molar-refractivity contribution in [3.05, 3.63) is 41.9 Å². The summed E-state index contributed by atoms with van der Waals surface area (Å²) in [4.78, 5) is 19.5. The summed E-state index contributed by atoms with van der Waals surface area (Å²) in [5.41, 5.74) is 1.46. The molecule has 1 aliphatic rings. The number of anilines is 1. The van der Waals surface area contributed by atoms with E-state index in [1.54, 1.807) is 0 Å². The molecule has 0 saturated carbocycles. The van der Waals surface area contributed by atoms with Gasteiger partial charge in [0.05, 0.1) is 5.54 Å². The van der Waals surface area contributed by atoms with E-state index in [4.69, 9.17) is 0 Å². The SMILES string of the molecule is CC(C)c1cc(C(=O)NC2CCN(c3ccccn3)CC2)nn1C(C)(C)C. The van der Waals surface area contributed by atoms with Gasteiger partial charge in [0.25, 0.3) is 5.91 Å². The molecule has 6 nitrogen and oxygen atoms in total. The summed E-state index contributed by atoms with van der Waals surface area (Å²) in [7, 11) is 0. The Morgan fingerprint density at radius 1 is 1.22 bits per heavy atom. The Kier molecular flexibility index (Phi) is 5.53. The molecule has 0 spiro atoms. The monoisotopic (exact) mass is 369 g/mol. The van der Waals surface area contributed by atoms with Crippen LogP contribution in [-0.2, 0) is 5.54 Å². The number of piperidine rings is 1. The summed E-state index contributed by atoms with van der Waals surface area (Å²) in [5, 5.41) is 7.79. The van der Waals surface area contributed by atoms with E-state index in [1.165, 1.54) is 0 Å². The number of nitrogens with zero attached hydrogens (tertiary/aromatic N) is 4. The fraction of sp³-hybridized carbons (Fsp3) is 0.571.